The molecule has 4 rings (SSSR count). The highest BCUT2D eigenvalue weighted by Crippen LogP contribution is 2.34. The van der Waals surface area contributed by atoms with E-state index in [0.717, 1.165) is 22.6 Å². The molecule has 1 aliphatic heterocycles. The maximum Gasteiger partial charge on any atom is 0.338 e. The standard InChI is InChI=1S/C27H27N3O3S/c1-6-33-26(32)20-10-12-22(13-11-20)28-27-29(5)25(31)24(34-27)16-21-15-18(3)30(19(21)4)23-9-7-8-17(2)14-23/h7-16H,6H2,1-5H3/b24-16+,28-27?. The van der Waals surface area contributed by atoms with Crippen molar-refractivity contribution in [2.45, 2.75) is 27.7 Å². The van der Waals surface area contributed by atoms with Crippen molar-refractivity contribution in [2.24, 2.45) is 4.99 Å². The molecule has 0 radical (unpaired) electrons. The molecule has 174 valence electrons. The predicted molar refractivity (Wildman–Crippen MR) is 138 cm³/mol. The first-order chi connectivity index (χ1) is 16.3. The van der Waals surface area contributed by atoms with E-state index in [1.165, 1.54) is 17.3 Å². The van der Waals surface area contributed by atoms with Crippen LogP contribution in [0, 0.1) is 20.8 Å². The van der Waals surface area contributed by atoms with Gasteiger partial charge in [0.15, 0.2) is 5.17 Å². The molecule has 0 bridgehead atoms. The van der Waals surface area contributed by atoms with Gasteiger partial charge in [0, 0.05) is 24.1 Å². The number of likely N-dealkylation sites (N-methyl/N-ethyl adjacent to an activating group) is 1. The SMILES string of the molecule is CCOC(=O)c1ccc(N=C2S/C(=C/c3cc(C)n(-c4cccc(C)c4)c3C)C(=O)N2C)cc1. The first-order valence-electron chi connectivity index (χ1n) is 11.1. The molecule has 6 nitrogen and oxygen atoms in total. The normalized spacial score (nSPS) is 16.0. The van der Waals surface area contributed by atoms with E-state index < -0.39 is 0 Å². The highest BCUT2D eigenvalue weighted by molar-refractivity contribution is 8.18. The van der Waals surface area contributed by atoms with Gasteiger partial charge in [-0.3, -0.25) is 9.69 Å². The van der Waals surface area contributed by atoms with Crippen molar-refractivity contribution in [3.8, 4) is 5.69 Å². The van der Waals surface area contributed by atoms with Gasteiger partial charge in [0.25, 0.3) is 5.91 Å². The number of hydrogen-bond acceptors (Lipinski definition) is 5. The van der Waals surface area contributed by atoms with Crippen LogP contribution in [0.1, 0.15) is 39.8 Å². The Kier molecular flexibility index (Phi) is 6.75. The largest absolute Gasteiger partial charge is 0.462 e. The Balaban J connectivity index is 1.60. The number of benzene rings is 2. The van der Waals surface area contributed by atoms with Gasteiger partial charge in [0.1, 0.15) is 0 Å². The van der Waals surface area contributed by atoms with Crippen LogP contribution < -0.4 is 0 Å². The van der Waals surface area contributed by atoms with Crippen LogP contribution in [0.2, 0.25) is 0 Å². The summed E-state index contributed by atoms with van der Waals surface area (Å²) < 4.78 is 7.22. The predicted octanol–water partition coefficient (Wildman–Crippen LogP) is 5.81. The highest BCUT2D eigenvalue weighted by atomic mass is 32.2. The maximum absolute atomic E-state index is 12.9. The van der Waals surface area contributed by atoms with E-state index in [0.29, 0.717) is 27.9 Å². The third-order valence-corrected chi connectivity index (χ3v) is 6.68. The molecule has 0 unspecified atom stereocenters. The fourth-order valence-electron chi connectivity index (χ4n) is 3.89. The van der Waals surface area contributed by atoms with E-state index in [2.05, 4.69) is 60.7 Å². The zero-order valence-electron chi connectivity index (χ0n) is 20.0. The monoisotopic (exact) mass is 473 g/mol. The number of ether oxygens (including phenoxy) is 1. The van der Waals surface area contributed by atoms with Crippen molar-refractivity contribution >= 4 is 40.6 Å². The minimum Gasteiger partial charge on any atom is -0.462 e. The third-order valence-electron chi connectivity index (χ3n) is 5.62. The Labute approximate surface area is 203 Å². The molecule has 1 aliphatic rings. The average Bonchev–Trinajstić information content (AvgIpc) is 3.24. The van der Waals surface area contributed by atoms with Gasteiger partial charge in [-0.25, -0.2) is 9.79 Å². The van der Waals surface area contributed by atoms with Crippen LogP contribution in [0.15, 0.2) is 64.5 Å². The van der Waals surface area contributed by atoms with Gasteiger partial charge in [-0.2, -0.15) is 0 Å². The van der Waals surface area contributed by atoms with E-state index in [1.54, 1.807) is 43.1 Å². The van der Waals surface area contributed by atoms with Crippen molar-refractivity contribution in [3.05, 3.63) is 87.6 Å². The van der Waals surface area contributed by atoms with Crippen molar-refractivity contribution in [2.75, 3.05) is 13.7 Å². The molecular formula is C27H27N3O3S. The van der Waals surface area contributed by atoms with Crippen LogP contribution >= 0.6 is 11.8 Å². The number of aliphatic imine (C=N–C) groups is 1. The fraction of sp³-hybridized carbons (Fsp3) is 0.222. The first kappa shape index (κ1) is 23.6. The van der Waals surface area contributed by atoms with Crippen LogP contribution in [-0.4, -0.2) is 40.2 Å². The molecule has 1 aromatic heterocycles. The molecule has 3 aromatic rings. The number of hydrogen-bond donors (Lipinski definition) is 0. The summed E-state index contributed by atoms with van der Waals surface area (Å²) in [5.74, 6) is -0.454. The topological polar surface area (TPSA) is 63.9 Å². The zero-order valence-corrected chi connectivity index (χ0v) is 20.8. The summed E-state index contributed by atoms with van der Waals surface area (Å²) in [4.78, 5) is 31.6. The fourth-order valence-corrected chi connectivity index (χ4v) is 4.87. The second-order valence-electron chi connectivity index (χ2n) is 8.14. The maximum atomic E-state index is 12.9. The number of thioether (sulfide) groups is 1. The number of esters is 1. The molecular weight excluding hydrogens is 446 g/mol. The minimum atomic E-state index is -0.363. The summed E-state index contributed by atoms with van der Waals surface area (Å²) >= 11 is 1.34. The smallest absolute Gasteiger partial charge is 0.338 e. The lowest BCUT2D eigenvalue weighted by Gasteiger charge is -2.10. The molecule has 1 fully saturated rings. The summed E-state index contributed by atoms with van der Waals surface area (Å²) in [5.41, 5.74) is 6.62. The molecule has 0 aliphatic carbocycles. The van der Waals surface area contributed by atoms with Crippen LogP contribution in [0.25, 0.3) is 11.8 Å². The van der Waals surface area contributed by atoms with Crippen molar-refractivity contribution < 1.29 is 14.3 Å². The third kappa shape index (κ3) is 4.70. The van der Waals surface area contributed by atoms with Gasteiger partial charge in [-0.05, 0) is 99.1 Å². The molecule has 0 spiro atoms. The summed E-state index contributed by atoms with van der Waals surface area (Å²) in [6.07, 6.45) is 1.94. The summed E-state index contributed by atoms with van der Waals surface area (Å²) in [5, 5.41) is 0.590. The van der Waals surface area contributed by atoms with Crippen molar-refractivity contribution in [3.63, 3.8) is 0 Å². The van der Waals surface area contributed by atoms with E-state index >= 15 is 0 Å². The van der Waals surface area contributed by atoms with Crippen molar-refractivity contribution in [1.82, 2.24) is 9.47 Å². The zero-order chi connectivity index (χ0) is 24.4. The number of nitrogens with zero attached hydrogens (tertiary/aromatic N) is 3. The lowest BCUT2D eigenvalue weighted by molar-refractivity contribution is -0.121. The number of carbonyl (C=O) groups is 2. The van der Waals surface area contributed by atoms with Gasteiger partial charge < -0.3 is 9.30 Å². The Morgan fingerprint density at radius 2 is 1.82 bits per heavy atom. The number of aryl methyl sites for hydroxylation is 2. The second-order valence-corrected chi connectivity index (χ2v) is 9.15. The minimum absolute atomic E-state index is 0.0905. The molecule has 0 saturated carbocycles. The van der Waals surface area contributed by atoms with E-state index in [4.69, 9.17) is 4.74 Å². The van der Waals surface area contributed by atoms with E-state index in [1.807, 2.05) is 6.08 Å². The molecule has 1 amide bonds. The van der Waals surface area contributed by atoms with Crippen LogP contribution in [0.3, 0.4) is 0 Å². The molecule has 1 saturated heterocycles. The number of rotatable bonds is 5. The molecule has 0 N–H and O–H groups in total. The van der Waals surface area contributed by atoms with Gasteiger partial charge >= 0.3 is 5.97 Å². The van der Waals surface area contributed by atoms with Crippen LogP contribution in [-0.2, 0) is 9.53 Å². The molecule has 7 heteroatoms. The lowest BCUT2D eigenvalue weighted by Crippen LogP contribution is -2.23. The van der Waals surface area contributed by atoms with E-state index in [-0.39, 0.29) is 11.9 Å². The highest BCUT2D eigenvalue weighted by Gasteiger charge is 2.30. The van der Waals surface area contributed by atoms with Gasteiger partial charge in [0.2, 0.25) is 0 Å². The van der Waals surface area contributed by atoms with Crippen LogP contribution in [0.5, 0.6) is 0 Å². The summed E-state index contributed by atoms with van der Waals surface area (Å²) in [6, 6.07) is 17.3. The second kappa shape index (κ2) is 9.73. The van der Waals surface area contributed by atoms with E-state index in [9.17, 15) is 9.59 Å². The quantitative estimate of drug-likeness (QED) is 0.346. The van der Waals surface area contributed by atoms with Gasteiger partial charge in [-0.15, -0.1) is 0 Å². The lowest BCUT2D eigenvalue weighted by atomic mass is 10.2. The summed E-state index contributed by atoms with van der Waals surface area (Å²) in [7, 11) is 1.72. The van der Waals surface area contributed by atoms with Crippen molar-refractivity contribution in [1.29, 1.82) is 0 Å². The number of aromatic nitrogens is 1. The first-order valence-corrected chi connectivity index (χ1v) is 11.9. The number of carbonyl (C=O) groups excluding carboxylic acids is 2. The van der Waals surface area contributed by atoms with Gasteiger partial charge in [-0.1, -0.05) is 12.1 Å². The number of amides is 1. The Morgan fingerprint density at radius 1 is 1.09 bits per heavy atom. The van der Waals surface area contributed by atoms with Gasteiger partial charge in [0.05, 0.1) is 22.8 Å². The molecule has 2 aromatic carbocycles. The Bertz CT molecular complexity index is 1320. The summed E-state index contributed by atoms with van der Waals surface area (Å²) in [6.45, 7) is 8.31. The Hall–Kier alpha value is -3.58. The molecule has 2 heterocycles. The average molecular weight is 474 g/mol. The molecule has 0 atom stereocenters. The number of amidine groups is 1. The Morgan fingerprint density at radius 3 is 2.50 bits per heavy atom. The van der Waals surface area contributed by atoms with Crippen LogP contribution in [0.4, 0.5) is 5.69 Å². The molecule has 34 heavy (non-hydrogen) atoms.